The van der Waals surface area contributed by atoms with Crippen LogP contribution in [0.4, 0.5) is 16.2 Å². The van der Waals surface area contributed by atoms with Gasteiger partial charge in [0, 0.05) is 22.5 Å². The SMILES string of the molecule is COc1ccccc1/C=N/NC(=O)c1ccc(NC(=O)Nc2ccc(Cl)c(Cl)c2)cc1. The van der Waals surface area contributed by atoms with Crippen LogP contribution in [-0.4, -0.2) is 25.3 Å². The topological polar surface area (TPSA) is 91.8 Å². The van der Waals surface area contributed by atoms with Gasteiger partial charge in [0.2, 0.25) is 0 Å². The van der Waals surface area contributed by atoms with E-state index in [1.807, 2.05) is 18.2 Å². The van der Waals surface area contributed by atoms with Crippen molar-refractivity contribution >= 4 is 52.7 Å². The zero-order chi connectivity index (χ0) is 22.2. The van der Waals surface area contributed by atoms with Crippen LogP contribution in [0.15, 0.2) is 71.8 Å². The summed E-state index contributed by atoms with van der Waals surface area (Å²) in [5.74, 6) is 0.257. The van der Waals surface area contributed by atoms with Crippen molar-refractivity contribution in [1.29, 1.82) is 0 Å². The van der Waals surface area contributed by atoms with Gasteiger partial charge in [0.15, 0.2) is 0 Å². The molecule has 3 rings (SSSR count). The number of nitrogens with zero attached hydrogens (tertiary/aromatic N) is 1. The number of carbonyl (C=O) groups is 2. The Kier molecular flexibility index (Phi) is 7.48. The first-order valence-corrected chi connectivity index (χ1v) is 9.81. The number of hydrazone groups is 1. The second kappa shape index (κ2) is 10.5. The summed E-state index contributed by atoms with van der Waals surface area (Å²) in [6.45, 7) is 0. The predicted molar refractivity (Wildman–Crippen MR) is 124 cm³/mol. The van der Waals surface area contributed by atoms with Gasteiger partial charge in [-0.25, -0.2) is 10.2 Å². The monoisotopic (exact) mass is 456 g/mol. The summed E-state index contributed by atoms with van der Waals surface area (Å²) in [5, 5.41) is 10.00. The van der Waals surface area contributed by atoms with Crippen LogP contribution >= 0.6 is 23.2 Å². The van der Waals surface area contributed by atoms with Crippen LogP contribution in [0.25, 0.3) is 0 Å². The Labute approximate surface area is 189 Å². The van der Waals surface area contributed by atoms with E-state index in [9.17, 15) is 9.59 Å². The first kappa shape index (κ1) is 22.1. The molecule has 0 spiro atoms. The standard InChI is InChI=1S/C22H18Cl2N4O3/c1-31-20-5-3-2-4-15(20)13-25-28-21(29)14-6-8-16(9-7-14)26-22(30)27-17-10-11-18(23)19(24)12-17/h2-13H,1H3,(H,28,29)(H2,26,27,30)/b25-13+. The van der Waals surface area contributed by atoms with Gasteiger partial charge in [0.1, 0.15) is 5.75 Å². The highest BCUT2D eigenvalue weighted by Gasteiger charge is 2.07. The minimum absolute atomic E-state index is 0.336. The van der Waals surface area contributed by atoms with E-state index in [4.69, 9.17) is 27.9 Å². The molecule has 3 N–H and O–H groups in total. The van der Waals surface area contributed by atoms with E-state index in [0.717, 1.165) is 5.56 Å². The van der Waals surface area contributed by atoms with Crippen molar-refractivity contribution in [2.24, 2.45) is 5.10 Å². The van der Waals surface area contributed by atoms with Gasteiger partial charge in [-0.2, -0.15) is 5.10 Å². The van der Waals surface area contributed by atoms with Gasteiger partial charge in [0.05, 0.1) is 23.4 Å². The summed E-state index contributed by atoms with van der Waals surface area (Å²) in [7, 11) is 1.56. The number of carbonyl (C=O) groups excluding carboxylic acids is 2. The van der Waals surface area contributed by atoms with Crippen LogP contribution < -0.4 is 20.8 Å². The molecule has 0 unspecified atom stereocenters. The van der Waals surface area contributed by atoms with Gasteiger partial charge >= 0.3 is 6.03 Å². The quantitative estimate of drug-likeness (QED) is 0.342. The lowest BCUT2D eigenvalue weighted by Crippen LogP contribution is -2.20. The van der Waals surface area contributed by atoms with E-state index in [-0.39, 0.29) is 0 Å². The first-order chi connectivity index (χ1) is 15.0. The number of hydrogen-bond donors (Lipinski definition) is 3. The molecule has 7 nitrogen and oxygen atoms in total. The fraction of sp³-hybridized carbons (Fsp3) is 0.0455. The number of halogens is 2. The number of ether oxygens (including phenoxy) is 1. The molecular formula is C22H18Cl2N4O3. The Balaban J connectivity index is 1.55. The average molecular weight is 457 g/mol. The van der Waals surface area contributed by atoms with E-state index in [1.54, 1.807) is 55.6 Å². The van der Waals surface area contributed by atoms with Crippen molar-refractivity contribution in [3.63, 3.8) is 0 Å². The predicted octanol–water partition coefficient (Wildman–Crippen LogP) is 5.41. The van der Waals surface area contributed by atoms with Crippen molar-refractivity contribution < 1.29 is 14.3 Å². The lowest BCUT2D eigenvalue weighted by Gasteiger charge is -2.09. The molecule has 0 radical (unpaired) electrons. The van der Waals surface area contributed by atoms with Gasteiger partial charge in [-0.3, -0.25) is 4.79 Å². The number of benzene rings is 3. The van der Waals surface area contributed by atoms with Crippen molar-refractivity contribution in [3.05, 3.63) is 87.9 Å². The lowest BCUT2D eigenvalue weighted by atomic mass is 10.2. The molecular weight excluding hydrogens is 439 g/mol. The van der Waals surface area contributed by atoms with Crippen molar-refractivity contribution in [2.45, 2.75) is 0 Å². The second-order valence-electron chi connectivity index (χ2n) is 6.23. The normalized spacial score (nSPS) is 10.5. The summed E-state index contributed by atoms with van der Waals surface area (Å²) < 4.78 is 5.22. The Morgan fingerprint density at radius 1 is 0.903 bits per heavy atom. The second-order valence-corrected chi connectivity index (χ2v) is 7.04. The molecule has 3 aromatic carbocycles. The van der Waals surface area contributed by atoms with Crippen LogP contribution in [-0.2, 0) is 0 Å². The molecule has 0 aliphatic carbocycles. The number of nitrogens with one attached hydrogen (secondary N) is 3. The van der Waals surface area contributed by atoms with E-state index >= 15 is 0 Å². The average Bonchev–Trinajstić information content (AvgIpc) is 2.77. The van der Waals surface area contributed by atoms with Crippen molar-refractivity contribution in [1.82, 2.24) is 5.43 Å². The number of anilines is 2. The number of hydrogen-bond acceptors (Lipinski definition) is 4. The molecule has 0 fully saturated rings. The van der Waals surface area contributed by atoms with Gasteiger partial charge in [-0.1, -0.05) is 35.3 Å². The minimum Gasteiger partial charge on any atom is -0.496 e. The number of methoxy groups -OCH3 is 1. The molecule has 0 saturated carbocycles. The summed E-state index contributed by atoms with van der Waals surface area (Å²) >= 11 is 11.8. The summed E-state index contributed by atoms with van der Waals surface area (Å²) in [4.78, 5) is 24.4. The lowest BCUT2D eigenvalue weighted by molar-refractivity contribution is 0.0955. The van der Waals surface area contributed by atoms with Crippen LogP contribution in [0.3, 0.4) is 0 Å². The number of rotatable bonds is 6. The third-order valence-electron chi connectivity index (χ3n) is 4.09. The summed E-state index contributed by atoms with van der Waals surface area (Å²) in [6, 6.07) is 18.0. The fourth-order valence-electron chi connectivity index (χ4n) is 2.57. The van der Waals surface area contributed by atoms with E-state index in [1.165, 1.54) is 6.21 Å². The minimum atomic E-state index is -0.461. The highest BCUT2D eigenvalue weighted by Crippen LogP contribution is 2.25. The number of para-hydroxylation sites is 1. The Hall–Kier alpha value is -3.55. The molecule has 0 aliphatic rings. The van der Waals surface area contributed by atoms with Gasteiger partial charge < -0.3 is 15.4 Å². The highest BCUT2D eigenvalue weighted by atomic mass is 35.5. The molecule has 0 bridgehead atoms. The zero-order valence-corrected chi connectivity index (χ0v) is 17.9. The highest BCUT2D eigenvalue weighted by molar-refractivity contribution is 6.42. The molecule has 0 saturated heterocycles. The molecule has 3 amide bonds. The summed E-state index contributed by atoms with van der Waals surface area (Å²) in [5.41, 5.74) is 4.57. The van der Waals surface area contributed by atoms with E-state index in [2.05, 4.69) is 21.2 Å². The Bertz CT molecular complexity index is 1120. The maximum absolute atomic E-state index is 12.2. The van der Waals surface area contributed by atoms with Gasteiger partial charge in [-0.15, -0.1) is 0 Å². The Morgan fingerprint density at radius 2 is 1.58 bits per heavy atom. The van der Waals surface area contributed by atoms with E-state index < -0.39 is 11.9 Å². The third kappa shape index (κ3) is 6.21. The fourth-order valence-corrected chi connectivity index (χ4v) is 2.87. The molecule has 9 heteroatoms. The van der Waals surface area contributed by atoms with Gasteiger partial charge in [0.25, 0.3) is 5.91 Å². The maximum atomic E-state index is 12.2. The molecule has 31 heavy (non-hydrogen) atoms. The van der Waals surface area contributed by atoms with Crippen LogP contribution in [0, 0.1) is 0 Å². The molecule has 0 heterocycles. The molecule has 0 atom stereocenters. The van der Waals surface area contributed by atoms with Crippen LogP contribution in [0.5, 0.6) is 5.75 Å². The molecule has 0 aliphatic heterocycles. The molecule has 3 aromatic rings. The molecule has 0 aromatic heterocycles. The zero-order valence-electron chi connectivity index (χ0n) is 16.4. The van der Waals surface area contributed by atoms with Crippen molar-refractivity contribution in [2.75, 3.05) is 17.7 Å². The Morgan fingerprint density at radius 3 is 2.29 bits per heavy atom. The van der Waals surface area contributed by atoms with Crippen molar-refractivity contribution in [3.8, 4) is 5.75 Å². The van der Waals surface area contributed by atoms with Crippen LogP contribution in [0.1, 0.15) is 15.9 Å². The van der Waals surface area contributed by atoms with Gasteiger partial charge in [-0.05, 0) is 54.6 Å². The smallest absolute Gasteiger partial charge is 0.323 e. The number of urea groups is 1. The molecule has 158 valence electrons. The maximum Gasteiger partial charge on any atom is 0.323 e. The summed E-state index contributed by atoms with van der Waals surface area (Å²) in [6.07, 6.45) is 1.50. The first-order valence-electron chi connectivity index (χ1n) is 9.06. The van der Waals surface area contributed by atoms with E-state index in [0.29, 0.717) is 32.7 Å². The third-order valence-corrected chi connectivity index (χ3v) is 4.83. The largest absolute Gasteiger partial charge is 0.496 e. The number of amides is 3. The van der Waals surface area contributed by atoms with Crippen LogP contribution in [0.2, 0.25) is 10.0 Å².